The molecule has 1 aromatic heterocycles. The summed E-state index contributed by atoms with van der Waals surface area (Å²) in [5.41, 5.74) is 4.74. The summed E-state index contributed by atoms with van der Waals surface area (Å²) in [6.45, 7) is 1.66. The molecule has 1 amide bonds. The molecular weight excluding hydrogens is 288 g/mol. The van der Waals surface area contributed by atoms with Gasteiger partial charge >= 0.3 is 0 Å². The number of fused-ring (bicyclic) bond motifs is 1. The molecule has 5 heteroatoms. The molecule has 1 aliphatic rings. The third-order valence-corrected chi connectivity index (χ3v) is 4.11. The van der Waals surface area contributed by atoms with Crippen LogP contribution in [0.15, 0.2) is 36.7 Å². The van der Waals surface area contributed by atoms with Gasteiger partial charge in [-0.25, -0.2) is 0 Å². The highest BCUT2D eigenvalue weighted by Gasteiger charge is 2.13. The lowest BCUT2D eigenvalue weighted by atomic mass is 9.99. The Morgan fingerprint density at radius 2 is 2.26 bits per heavy atom. The second-order valence-electron chi connectivity index (χ2n) is 5.99. The van der Waals surface area contributed by atoms with Gasteiger partial charge in [-0.1, -0.05) is 12.1 Å². The van der Waals surface area contributed by atoms with Gasteiger partial charge < -0.3 is 10.2 Å². The van der Waals surface area contributed by atoms with Crippen LogP contribution in [0.3, 0.4) is 0 Å². The van der Waals surface area contributed by atoms with Gasteiger partial charge in [-0.2, -0.15) is 5.10 Å². The SMILES string of the molecule is CN1CCCc2cc(CNC(=O)C=Cc3cnn(C)c3)ccc21. The number of nitrogens with zero attached hydrogens (tertiary/aromatic N) is 3. The zero-order valence-electron chi connectivity index (χ0n) is 13.6. The maximum Gasteiger partial charge on any atom is 0.244 e. The van der Waals surface area contributed by atoms with Crippen molar-refractivity contribution in [3.63, 3.8) is 0 Å². The first-order valence-electron chi connectivity index (χ1n) is 7.89. The highest BCUT2D eigenvalue weighted by atomic mass is 16.1. The van der Waals surface area contributed by atoms with Crippen molar-refractivity contribution in [3.8, 4) is 0 Å². The van der Waals surface area contributed by atoms with Crippen molar-refractivity contribution in [2.75, 3.05) is 18.5 Å². The van der Waals surface area contributed by atoms with Crippen molar-refractivity contribution in [2.24, 2.45) is 7.05 Å². The maximum absolute atomic E-state index is 11.9. The number of hydrogen-bond acceptors (Lipinski definition) is 3. The van der Waals surface area contributed by atoms with E-state index in [9.17, 15) is 4.79 Å². The molecule has 0 fully saturated rings. The number of amides is 1. The summed E-state index contributed by atoms with van der Waals surface area (Å²) in [6, 6.07) is 6.45. The second-order valence-corrected chi connectivity index (χ2v) is 5.99. The monoisotopic (exact) mass is 310 g/mol. The highest BCUT2D eigenvalue weighted by Crippen LogP contribution is 2.26. The third-order valence-electron chi connectivity index (χ3n) is 4.11. The Kier molecular flexibility index (Phi) is 4.46. The molecule has 1 aromatic carbocycles. The lowest BCUT2D eigenvalue weighted by Gasteiger charge is -2.27. The first kappa shape index (κ1) is 15.3. The Labute approximate surface area is 136 Å². The Morgan fingerprint density at radius 1 is 1.39 bits per heavy atom. The van der Waals surface area contributed by atoms with E-state index in [1.807, 2.05) is 13.2 Å². The lowest BCUT2D eigenvalue weighted by molar-refractivity contribution is -0.116. The van der Waals surface area contributed by atoms with E-state index in [2.05, 4.69) is 40.6 Å². The summed E-state index contributed by atoms with van der Waals surface area (Å²) < 4.78 is 1.71. The summed E-state index contributed by atoms with van der Waals surface area (Å²) in [4.78, 5) is 14.2. The van der Waals surface area contributed by atoms with Crippen LogP contribution in [-0.2, 0) is 24.8 Å². The zero-order valence-corrected chi connectivity index (χ0v) is 13.6. The number of rotatable bonds is 4. The fourth-order valence-corrected chi connectivity index (χ4v) is 2.89. The molecule has 0 saturated carbocycles. The molecule has 1 aliphatic heterocycles. The number of hydrogen-bond donors (Lipinski definition) is 1. The smallest absolute Gasteiger partial charge is 0.244 e. The van der Waals surface area contributed by atoms with E-state index in [0.717, 1.165) is 24.1 Å². The normalized spacial score (nSPS) is 14.1. The molecule has 0 unspecified atom stereocenters. The zero-order chi connectivity index (χ0) is 16.2. The minimum absolute atomic E-state index is 0.0938. The van der Waals surface area contributed by atoms with Crippen LogP contribution in [-0.4, -0.2) is 29.3 Å². The van der Waals surface area contributed by atoms with Crippen LogP contribution in [0.4, 0.5) is 5.69 Å². The van der Waals surface area contributed by atoms with Crippen molar-refractivity contribution >= 4 is 17.7 Å². The van der Waals surface area contributed by atoms with E-state index in [1.165, 1.54) is 17.7 Å². The summed E-state index contributed by atoms with van der Waals surface area (Å²) in [5, 5.41) is 6.99. The fourth-order valence-electron chi connectivity index (χ4n) is 2.89. The topological polar surface area (TPSA) is 50.2 Å². The average Bonchev–Trinajstić information content (AvgIpc) is 2.96. The van der Waals surface area contributed by atoms with Crippen LogP contribution in [0, 0.1) is 0 Å². The predicted molar refractivity (Wildman–Crippen MR) is 92.1 cm³/mol. The molecule has 0 spiro atoms. The van der Waals surface area contributed by atoms with E-state index in [-0.39, 0.29) is 5.91 Å². The van der Waals surface area contributed by atoms with Gasteiger partial charge in [-0.15, -0.1) is 0 Å². The number of nitrogens with one attached hydrogen (secondary N) is 1. The van der Waals surface area contributed by atoms with Gasteiger partial charge in [-0.05, 0) is 36.1 Å². The summed E-state index contributed by atoms with van der Waals surface area (Å²) >= 11 is 0. The molecule has 1 N–H and O–H groups in total. The van der Waals surface area contributed by atoms with Crippen LogP contribution < -0.4 is 10.2 Å². The van der Waals surface area contributed by atoms with E-state index in [0.29, 0.717) is 6.54 Å². The standard InChI is InChI=1S/C18H22N4O/c1-21-9-3-4-16-10-14(5-7-17(16)21)11-19-18(23)8-6-15-12-20-22(2)13-15/h5-8,10,12-13H,3-4,9,11H2,1-2H3,(H,19,23). The number of carbonyl (C=O) groups excluding carboxylic acids is 1. The summed E-state index contributed by atoms with van der Waals surface area (Å²) in [5.74, 6) is -0.0938. The van der Waals surface area contributed by atoms with Gasteiger partial charge in [0.2, 0.25) is 5.91 Å². The molecule has 0 aliphatic carbocycles. The molecular formula is C18H22N4O. The minimum Gasteiger partial charge on any atom is -0.374 e. The van der Waals surface area contributed by atoms with Crippen LogP contribution in [0.2, 0.25) is 0 Å². The van der Waals surface area contributed by atoms with Crippen molar-refractivity contribution in [3.05, 3.63) is 53.4 Å². The van der Waals surface area contributed by atoms with Gasteiger partial charge in [0.05, 0.1) is 6.20 Å². The lowest BCUT2D eigenvalue weighted by Crippen LogP contribution is -2.25. The number of aryl methyl sites for hydroxylation is 2. The number of anilines is 1. The van der Waals surface area contributed by atoms with E-state index >= 15 is 0 Å². The molecule has 5 nitrogen and oxygen atoms in total. The maximum atomic E-state index is 11.9. The molecule has 0 bridgehead atoms. The number of aromatic nitrogens is 2. The van der Waals surface area contributed by atoms with Crippen molar-refractivity contribution in [1.29, 1.82) is 0 Å². The van der Waals surface area contributed by atoms with Gasteiger partial charge in [0, 0.05) is 50.7 Å². The van der Waals surface area contributed by atoms with Gasteiger partial charge in [0.15, 0.2) is 0 Å². The van der Waals surface area contributed by atoms with E-state index in [4.69, 9.17) is 0 Å². The number of benzene rings is 1. The molecule has 2 aromatic rings. The molecule has 0 saturated heterocycles. The summed E-state index contributed by atoms with van der Waals surface area (Å²) in [6.07, 6.45) is 9.20. The molecule has 0 radical (unpaired) electrons. The van der Waals surface area contributed by atoms with E-state index < -0.39 is 0 Å². The van der Waals surface area contributed by atoms with Crippen LogP contribution >= 0.6 is 0 Å². The first-order valence-corrected chi connectivity index (χ1v) is 7.89. The first-order chi connectivity index (χ1) is 11.1. The van der Waals surface area contributed by atoms with Crippen LogP contribution in [0.25, 0.3) is 6.08 Å². The van der Waals surface area contributed by atoms with Crippen LogP contribution in [0.1, 0.15) is 23.1 Å². The van der Waals surface area contributed by atoms with Crippen LogP contribution in [0.5, 0.6) is 0 Å². The Bertz CT molecular complexity index is 732. The Balaban J connectivity index is 1.58. The third kappa shape index (κ3) is 3.80. The van der Waals surface area contributed by atoms with Gasteiger partial charge in [0.25, 0.3) is 0 Å². The Morgan fingerprint density at radius 3 is 3.04 bits per heavy atom. The van der Waals surface area contributed by atoms with E-state index in [1.54, 1.807) is 23.0 Å². The molecule has 0 atom stereocenters. The molecule has 2 heterocycles. The molecule has 120 valence electrons. The van der Waals surface area contributed by atoms with Crippen molar-refractivity contribution < 1.29 is 4.79 Å². The van der Waals surface area contributed by atoms with Gasteiger partial charge in [-0.3, -0.25) is 9.48 Å². The predicted octanol–water partition coefficient (Wildman–Crippen LogP) is 2.13. The largest absolute Gasteiger partial charge is 0.374 e. The minimum atomic E-state index is -0.0938. The van der Waals surface area contributed by atoms with Crippen molar-refractivity contribution in [1.82, 2.24) is 15.1 Å². The number of carbonyl (C=O) groups is 1. The quantitative estimate of drug-likeness (QED) is 0.880. The summed E-state index contributed by atoms with van der Waals surface area (Å²) in [7, 11) is 3.98. The van der Waals surface area contributed by atoms with Crippen molar-refractivity contribution in [2.45, 2.75) is 19.4 Å². The average molecular weight is 310 g/mol. The van der Waals surface area contributed by atoms with Gasteiger partial charge in [0.1, 0.15) is 0 Å². The molecule has 23 heavy (non-hydrogen) atoms. The molecule has 3 rings (SSSR count). The Hall–Kier alpha value is -2.56. The highest BCUT2D eigenvalue weighted by molar-refractivity contribution is 5.91. The fraction of sp³-hybridized carbons (Fsp3) is 0.333. The second kappa shape index (κ2) is 6.69.